The number of aliphatic hydroxyl groups is 1. The van der Waals surface area contributed by atoms with Gasteiger partial charge >= 0.3 is 0 Å². The number of benzene rings is 2. The van der Waals surface area contributed by atoms with Crippen molar-refractivity contribution in [3.63, 3.8) is 0 Å². The lowest BCUT2D eigenvalue weighted by atomic mass is 9.96. The molecule has 0 spiro atoms. The van der Waals surface area contributed by atoms with Gasteiger partial charge in [0.05, 0.1) is 6.61 Å². The molecule has 0 radical (unpaired) electrons. The molecule has 0 aliphatic rings. The van der Waals surface area contributed by atoms with Gasteiger partial charge in [0, 0.05) is 7.11 Å². The van der Waals surface area contributed by atoms with E-state index in [-0.39, 0.29) is 0 Å². The Labute approximate surface area is 114 Å². The van der Waals surface area contributed by atoms with Gasteiger partial charge in [-0.1, -0.05) is 48.5 Å². The summed E-state index contributed by atoms with van der Waals surface area (Å²) in [6.45, 7) is 2.74. The summed E-state index contributed by atoms with van der Waals surface area (Å²) in [4.78, 5) is 0. The lowest BCUT2D eigenvalue weighted by molar-refractivity contribution is 0.202. The van der Waals surface area contributed by atoms with E-state index in [4.69, 9.17) is 4.74 Å². The first-order valence-electron chi connectivity index (χ1n) is 6.53. The fourth-order valence-electron chi connectivity index (χ4n) is 2.16. The van der Waals surface area contributed by atoms with E-state index in [1.165, 1.54) is 5.56 Å². The molecule has 2 aromatic carbocycles. The summed E-state index contributed by atoms with van der Waals surface area (Å²) in [7, 11) is 1.70. The molecular weight excluding hydrogens is 236 g/mol. The van der Waals surface area contributed by atoms with Gasteiger partial charge in [0.2, 0.25) is 0 Å². The maximum atomic E-state index is 10.4. The lowest BCUT2D eigenvalue weighted by Gasteiger charge is -2.14. The van der Waals surface area contributed by atoms with E-state index in [9.17, 15) is 5.11 Å². The summed E-state index contributed by atoms with van der Waals surface area (Å²) in [6.07, 6.45) is 0.342. The van der Waals surface area contributed by atoms with Crippen molar-refractivity contribution in [1.29, 1.82) is 0 Å². The molecule has 0 aromatic heterocycles. The summed E-state index contributed by atoms with van der Waals surface area (Å²) < 4.78 is 5.06. The van der Waals surface area contributed by atoms with Crippen molar-refractivity contribution in [2.45, 2.75) is 19.4 Å². The Morgan fingerprint density at radius 1 is 1.05 bits per heavy atom. The topological polar surface area (TPSA) is 29.5 Å². The number of rotatable bonds is 5. The highest BCUT2D eigenvalue weighted by Gasteiger charge is 2.11. The Balaban J connectivity index is 2.16. The highest BCUT2D eigenvalue weighted by Crippen LogP contribution is 2.24. The normalized spacial score (nSPS) is 12.4. The third kappa shape index (κ3) is 3.43. The number of ether oxygens (including phenoxy) is 1. The number of aliphatic hydroxyl groups excluding tert-OH is 1. The second kappa shape index (κ2) is 6.50. The Morgan fingerprint density at radius 3 is 2.37 bits per heavy atom. The van der Waals surface area contributed by atoms with E-state index in [1.807, 2.05) is 43.3 Å². The van der Waals surface area contributed by atoms with Crippen LogP contribution in [-0.4, -0.2) is 18.8 Å². The molecule has 0 aliphatic carbocycles. The van der Waals surface area contributed by atoms with Crippen LogP contribution in [-0.2, 0) is 11.2 Å². The average molecular weight is 256 g/mol. The van der Waals surface area contributed by atoms with Crippen molar-refractivity contribution >= 4 is 0 Å². The Morgan fingerprint density at radius 2 is 1.74 bits per heavy atom. The standard InChI is InChI=1S/C17H20O2/c1-13-5-3-4-6-16(13)17(18)15-9-7-14(8-10-15)11-12-19-2/h3-10,17-18H,11-12H2,1-2H3. The molecule has 2 rings (SSSR count). The van der Waals surface area contributed by atoms with Crippen LogP contribution < -0.4 is 0 Å². The second-order valence-electron chi connectivity index (χ2n) is 4.74. The van der Waals surface area contributed by atoms with Gasteiger partial charge < -0.3 is 9.84 Å². The van der Waals surface area contributed by atoms with Crippen LogP contribution in [0, 0.1) is 6.92 Å². The first-order chi connectivity index (χ1) is 9.22. The van der Waals surface area contributed by atoms with Crippen molar-refractivity contribution in [1.82, 2.24) is 0 Å². The van der Waals surface area contributed by atoms with Gasteiger partial charge in [0.15, 0.2) is 0 Å². The minimum absolute atomic E-state index is 0.558. The van der Waals surface area contributed by atoms with E-state index < -0.39 is 6.10 Å². The molecule has 0 fully saturated rings. The smallest absolute Gasteiger partial charge is 0.104 e. The molecule has 100 valence electrons. The average Bonchev–Trinajstić information content (AvgIpc) is 2.45. The highest BCUT2D eigenvalue weighted by molar-refractivity contribution is 5.36. The van der Waals surface area contributed by atoms with Gasteiger partial charge in [0.1, 0.15) is 6.10 Å². The first-order valence-corrected chi connectivity index (χ1v) is 6.53. The molecule has 0 saturated heterocycles. The van der Waals surface area contributed by atoms with Crippen LogP contribution in [0.2, 0.25) is 0 Å². The highest BCUT2D eigenvalue weighted by atomic mass is 16.5. The van der Waals surface area contributed by atoms with E-state index >= 15 is 0 Å². The third-order valence-corrected chi connectivity index (χ3v) is 3.37. The molecule has 19 heavy (non-hydrogen) atoms. The van der Waals surface area contributed by atoms with Crippen LogP contribution in [0.5, 0.6) is 0 Å². The zero-order valence-corrected chi connectivity index (χ0v) is 11.5. The molecule has 0 bridgehead atoms. The predicted octanol–water partition coefficient (Wildman–Crippen LogP) is 3.27. The largest absolute Gasteiger partial charge is 0.384 e. The number of methoxy groups -OCH3 is 1. The van der Waals surface area contributed by atoms with E-state index in [2.05, 4.69) is 12.1 Å². The Bertz CT molecular complexity index is 517. The van der Waals surface area contributed by atoms with Crippen LogP contribution in [0.4, 0.5) is 0 Å². The van der Waals surface area contributed by atoms with E-state index in [1.54, 1.807) is 7.11 Å². The van der Waals surface area contributed by atoms with E-state index in [0.717, 1.165) is 29.7 Å². The SMILES string of the molecule is COCCc1ccc(C(O)c2ccccc2C)cc1. The van der Waals surface area contributed by atoms with Crippen LogP contribution in [0.1, 0.15) is 28.4 Å². The van der Waals surface area contributed by atoms with Gasteiger partial charge in [-0.2, -0.15) is 0 Å². The summed E-state index contributed by atoms with van der Waals surface area (Å²) >= 11 is 0. The monoisotopic (exact) mass is 256 g/mol. The molecule has 2 heteroatoms. The molecule has 2 aromatic rings. The van der Waals surface area contributed by atoms with Crippen LogP contribution in [0.3, 0.4) is 0 Å². The minimum atomic E-state index is -0.558. The van der Waals surface area contributed by atoms with Gasteiger partial charge in [-0.25, -0.2) is 0 Å². The van der Waals surface area contributed by atoms with Gasteiger partial charge in [-0.05, 0) is 35.6 Å². The molecule has 0 saturated carbocycles. The molecule has 0 amide bonds. The fourth-order valence-corrected chi connectivity index (χ4v) is 2.16. The molecule has 0 heterocycles. The second-order valence-corrected chi connectivity index (χ2v) is 4.74. The third-order valence-electron chi connectivity index (χ3n) is 3.37. The summed E-state index contributed by atoms with van der Waals surface area (Å²) in [6, 6.07) is 16.0. The van der Waals surface area contributed by atoms with Crippen LogP contribution in [0.15, 0.2) is 48.5 Å². The fraction of sp³-hybridized carbons (Fsp3) is 0.294. The van der Waals surface area contributed by atoms with Gasteiger partial charge in [-0.15, -0.1) is 0 Å². The molecular formula is C17H20O2. The summed E-state index contributed by atoms with van der Waals surface area (Å²) in [5.74, 6) is 0. The Kier molecular flexibility index (Phi) is 4.72. The molecule has 1 atom stereocenters. The number of hydrogen-bond donors (Lipinski definition) is 1. The quantitative estimate of drug-likeness (QED) is 0.889. The van der Waals surface area contributed by atoms with Crippen LogP contribution in [0.25, 0.3) is 0 Å². The zero-order valence-electron chi connectivity index (χ0n) is 11.5. The molecule has 2 nitrogen and oxygen atoms in total. The van der Waals surface area contributed by atoms with E-state index in [0.29, 0.717) is 0 Å². The van der Waals surface area contributed by atoms with Crippen LogP contribution >= 0.6 is 0 Å². The minimum Gasteiger partial charge on any atom is -0.384 e. The summed E-state index contributed by atoms with van der Waals surface area (Å²) in [5.41, 5.74) is 4.23. The van der Waals surface area contributed by atoms with Crippen molar-refractivity contribution < 1.29 is 9.84 Å². The predicted molar refractivity (Wildman–Crippen MR) is 77.3 cm³/mol. The Hall–Kier alpha value is -1.64. The maximum absolute atomic E-state index is 10.4. The van der Waals surface area contributed by atoms with Crippen molar-refractivity contribution in [3.8, 4) is 0 Å². The van der Waals surface area contributed by atoms with Gasteiger partial charge in [-0.3, -0.25) is 0 Å². The van der Waals surface area contributed by atoms with Gasteiger partial charge in [0.25, 0.3) is 0 Å². The number of hydrogen-bond acceptors (Lipinski definition) is 2. The number of aryl methyl sites for hydroxylation is 1. The molecule has 1 unspecified atom stereocenters. The van der Waals surface area contributed by atoms with Crippen molar-refractivity contribution in [3.05, 3.63) is 70.8 Å². The molecule has 0 aliphatic heterocycles. The van der Waals surface area contributed by atoms with Crippen molar-refractivity contribution in [2.75, 3.05) is 13.7 Å². The first kappa shape index (κ1) is 13.8. The summed E-state index contributed by atoms with van der Waals surface area (Å²) in [5, 5.41) is 10.4. The maximum Gasteiger partial charge on any atom is 0.104 e. The lowest BCUT2D eigenvalue weighted by Crippen LogP contribution is -2.02. The zero-order chi connectivity index (χ0) is 13.7. The van der Waals surface area contributed by atoms with Crippen molar-refractivity contribution in [2.24, 2.45) is 0 Å². The molecule has 1 N–H and O–H groups in total.